The van der Waals surface area contributed by atoms with Gasteiger partial charge in [0.2, 0.25) is 0 Å². The van der Waals surface area contributed by atoms with Gasteiger partial charge in [0.25, 0.3) is 0 Å². The normalized spacial score (nSPS) is 16.0. The first-order valence-corrected chi connectivity index (χ1v) is 8.94. The molecule has 1 heterocycles. The molecule has 0 amide bonds. The minimum atomic E-state index is 0.618. The highest BCUT2D eigenvalue weighted by atomic mass is 35.5. The predicted octanol–water partition coefficient (Wildman–Crippen LogP) is 4.80. The molecule has 0 unspecified atom stereocenters. The van der Waals surface area contributed by atoms with E-state index in [0.717, 1.165) is 43.3 Å². The smallest absolute Gasteiger partial charge is 0.0557 e. The number of halogens is 3. The van der Waals surface area contributed by atoms with Crippen molar-refractivity contribution in [3.05, 3.63) is 68.7 Å². The van der Waals surface area contributed by atoms with E-state index in [4.69, 9.17) is 34.8 Å². The Kier molecular flexibility index (Phi) is 6.01. The van der Waals surface area contributed by atoms with Crippen LogP contribution in [0.25, 0.3) is 0 Å². The third-order valence-corrected chi connectivity index (χ3v) is 4.81. The summed E-state index contributed by atoms with van der Waals surface area (Å²) in [5.41, 5.74) is 2.16. The molecule has 3 rings (SSSR count). The lowest BCUT2D eigenvalue weighted by Crippen LogP contribution is -2.43. The molecule has 0 saturated carbocycles. The van der Waals surface area contributed by atoms with Crippen LogP contribution < -0.4 is 0 Å². The molecule has 1 saturated heterocycles. The van der Waals surface area contributed by atoms with Crippen LogP contribution in [0, 0.1) is 0 Å². The standard InChI is InChI=1S/C18H18Cl3N3/c19-16-4-1-14(2-5-16)13-23-7-9-24(10-8-23)22-12-15-3-6-17(20)11-18(15)21/h1-6,11-12H,7-10,13H2/b22-12-. The number of nitrogens with zero attached hydrogens (tertiary/aromatic N) is 3. The monoisotopic (exact) mass is 381 g/mol. The maximum atomic E-state index is 6.16. The van der Waals surface area contributed by atoms with Gasteiger partial charge in [-0.2, -0.15) is 5.10 Å². The average Bonchev–Trinajstić information content (AvgIpc) is 2.57. The van der Waals surface area contributed by atoms with Gasteiger partial charge in [-0.1, -0.05) is 53.0 Å². The first-order valence-electron chi connectivity index (χ1n) is 7.81. The van der Waals surface area contributed by atoms with Crippen molar-refractivity contribution >= 4 is 41.0 Å². The third kappa shape index (κ3) is 4.87. The summed E-state index contributed by atoms with van der Waals surface area (Å²) in [5.74, 6) is 0. The summed E-state index contributed by atoms with van der Waals surface area (Å²) >= 11 is 18.0. The molecule has 24 heavy (non-hydrogen) atoms. The summed E-state index contributed by atoms with van der Waals surface area (Å²) in [7, 11) is 0. The van der Waals surface area contributed by atoms with Crippen molar-refractivity contribution in [2.45, 2.75) is 6.54 Å². The van der Waals surface area contributed by atoms with Crippen LogP contribution in [0.3, 0.4) is 0 Å². The van der Waals surface area contributed by atoms with E-state index in [2.05, 4.69) is 27.1 Å². The molecule has 126 valence electrons. The van der Waals surface area contributed by atoms with Gasteiger partial charge in [0.05, 0.1) is 11.2 Å². The van der Waals surface area contributed by atoms with Gasteiger partial charge in [-0.3, -0.25) is 9.91 Å². The second kappa shape index (κ2) is 8.21. The van der Waals surface area contributed by atoms with E-state index in [-0.39, 0.29) is 0 Å². The maximum Gasteiger partial charge on any atom is 0.0557 e. The van der Waals surface area contributed by atoms with Crippen molar-refractivity contribution in [1.29, 1.82) is 0 Å². The Morgan fingerprint density at radius 1 is 0.875 bits per heavy atom. The minimum Gasteiger partial charge on any atom is -0.295 e. The van der Waals surface area contributed by atoms with Crippen molar-refractivity contribution in [1.82, 2.24) is 9.91 Å². The Labute approximate surface area is 157 Å². The zero-order valence-electron chi connectivity index (χ0n) is 13.1. The molecular formula is C18H18Cl3N3. The molecule has 0 bridgehead atoms. The number of hydrogen-bond acceptors (Lipinski definition) is 3. The highest BCUT2D eigenvalue weighted by Crippen LogP contribution is 2.19. The molecule has 1 aliphatic rings. The fourth-order valence-corrected chi connectivity index (χ4v) is 3.19. The molecule has 0 atom stereocenters. The van der Waals surface area contributed by atoms with E-state index >= 15 is 0 Å². The van der Waals surface area contributed by atoms with E-state index in [1.54, 1.807) is 12.3 Å². The Morgan fingerprint density at radius 2 is 1.54 bits per heavy atom. The van der Waals surface area contributed by atoms with E-state index in [1.165, 1.54) is 5.56 Å². The molecule has 6 heteroatoms. The van der Waals surface area contributed by atoms with Crippen LogP contribution in [-0.4, -0.2) is 42.3 Å². The molecule has 0 aromatic heterocycles. The van der Waals surface area contributed by atoms with Gasteiger partial charge in [0.15, 0.2) is 0 Å². The van der Waals surface area contributed by atoms with Crippen LogP contribution in [0.2, 0.25) is 15.1 Å². The fourth-order valence-electron chi connectivity index (χ4n) is 2.61. The maximum absolute atomic E-state index is 6.16. The highest BCUT2D eigenvalue weighted by molar-refractivity contribution is 6.36. The van der Waals surface area contributed by atoms with Crippen molar-refractivity contribution < 1.29 is 0 Å². The van der Waals surface area contributed by atoms with E-state index in [1.807, 2.05) is 24.3 Å². The van der Waals surface area contributed by atoms with E-state index in [9.17, 15) is 0 Å². The SMILES string of the molecule is Clc1ccc(CN2CCN(/N=C\c3ccc(Cl)cc3Cl)CC2)cc1. The zero-order valence-corrected chi connectivity index (χ0v) is 15.4. The van der Waals surface area contributed by atoms with E-state index < -0.39 is 0 Å². The van der Waals surface area contributed by atoms with Crippen LogP contribution in [0.15, 0.2) is 47.6 Å². The van der Waals surface area contributed by atoms with Gasteiger partial charge in [0.1, 0.15) is 0 Å². The molecule has 3 nitrogen and oxygen atoms in total. The van der Waals surface area contributed by atoms with Gasteiger partial charge in [0, 0.05) is 48.3 Å². The summed E-state index contributed by atoms with van der Waals surface area (Å²) in [5, 5.41) is 8.63. The Morgan fingerprint density at radius 3 is 2.21 bits per heavy atom. The summed E-state index contributed by atoms with van der Waals surface area (Å²) in [6.45, 7) is 4.70. The lowest BCUT2D eigenvalue weighted by atomic mass is 10.2. The van der Waals surface area contributed by atoms with Gasteiger partial charge >= 0.3 is 0 Å². The molecule has 1 aliphatic heterocycles. The van der Waals surface area contributed by atoms with Gasteiger partial charge < -0.3 is 0 Å². The summed E-state index contributed by atoms with van der Waals surface area (Å²) < 4.78 is 0. The number of benzene rings is 2. The van der Waals surface area contributed by atoms with Gasteiger partial charge in [-0.05, 0) is 29.8 Å². The Bertz CT molecular complexity index is 708. The van der Waals surface area contributed by atoms with Crippen molar-refractivity contribution in [3.8, 4) is 0 Å². The van der Waals surface area contributed by atoms with Crippen LogP contribution in [0.5, 0.6) is 0 Å². The second-order valence-electron chi connectivity index (χ2n) is 5.77. The van der Waals surface area contributed by atoms with Crippen LogP contribution in [-0.2, 0) is 6.54 Å². The fraction of sp³-hybridized carbons (Fsp3) is 0.278. The molecule has 1 fully saturated rings. The molecule has 0 radical (unpaired) electrons. The van der Waals surface area contributed by atoms with Crippen molar-refractivity contribution in [3.63, 3.8) is 0 Å². The van der Waals surface area contributed by atoms with Crippen molar-refractivity contribution in [2.75, 3.05) is 26.2 Å². The lowest BCUT2D eigenvalue weighted by Gasteiger charge is -2.33. The molecule has 0 aliphatic carbocycles. The van der Waals surface area contributed by atoms with Crippen LogP contribution >= 0.6 is 34.8 Å². The number of hydrazone groups is 1. The Hall–Kier alpha value is -1.26. The molecular weight excluding hydrogens is 365 g/mol. The first-order chi connectivity index (χ1) is 11.6. The first kappa shape index (κ1) is 17.6. The highest BCUT2D eigenvalue weighted by Gasteiger charge is 2.15. The molecule has 0 N–H and O–H groups in total. The lowest BCUT2D eigenvalue weighted by molar-refractivity contribution is 0.131. The summed E-state index contributed by atoms with van der Waals surface area (Å²) in [6, 6.07) is 13.5. The molecule has 2 aromatic carbocycles. The largest absolute Gasteiger partial charge is 0.295 e. The third-order valence-electron chi connectivity index (χ3n) is 3.99. The summed E-state index contributed by atoms with van der Waals surface area (Å²) in [6.07, 6.45) is 1.80. The molecule has 0 spiro atoms. The van der Waals surface area contributed by atoms with Crippen molar-refractivity contribution in [2.24, 2.45) is 5.10 Å². The zero-order chi connectivity index (χ0) is 16.9. The second-order valence-corrected chi connectivity index (χ2v) is 7.05. The topological polar surface area (TPSA) is 18.8 Å². The predicted molar refractivity (Wildman–Crippen MR) is 102 cm³/mol. The Balaban J connectivity index is 1.51. The van der Waals surface area contributed by atoms with E-state index in [0.29, 0.717) is 10.0 Å². The quantitative estimate of drug-likeness (QED) is 0.707. The van der Waals surface area contributed by atoms with Crippen LogP contribution in [0.1, 0.15) is 11.1 Å². The summed E-state index contributed by atoms with van der Waals surface area (Å²) in [4.78, 5) is 2.42. The average molecular weight is 383 g/mol. The number of rotatable bonds is 4. The van der Waals surface area contributed by atoms with Gasteiger partial charge in [-0.15, -0.1) is 0 Å². The number of piperazine rings is 1. The minimum absolute atomic E-state index is 0.618. The van der Waals surface area contributed by atoms with Crippen LogP contribution in [0.4, 0.5) is 0 Å². The van der Waals surface area contributed by atoms with Gasteiger partial charge in [-0.25, -0.2) is 0 Å². The molecule has 2 aromatic rings. The number of hydrogen-bond donors (Lipinski definition) is 0.